The highest BCUT2D eigenvalue weighted by Crippen LogP contribution is 2.42. The summed E-state index contributed by atoms with van der Waals surface area (Å²) in [4.78, 5) is 2.33. The maximum atomic E-state index is 6.42. The summed E-state index contributed by atoms with van der Waals surface area (Å²) in [5, 5.41) is 4.45. The van der Waals surface area contributed by atoms with Gasteiger partial charge < -0.3 is 13.7 Å². The summed E-state index contributed by atoms with van der Waals surface area (Å²) in [7, 11) is 0. The highest BCUT2D eigenvalue weighted by Gasteiger charge is 2.18. The van der Waals surface area contributed by atoms with Gasteiger partial charge in [-0.3, -0.25) is 0 Å². The summed E-state index contributed by atoms with van der Waals surface area (Å²) in [6.07, 6.45) is 0. The molecule has 0 N–H and O–H groups in total. The zero-order valence-corrected chi connectivity index (χ0v) is 31.0. The lowest BCUT2D eigenvalue weighted by molar-refractivity contribution is 0.669. The summed E-state index contributed by atoms with van der Waals surface area (Å²) in [6, 6.07) is 75.3. The topological polar surface area (TPSA) is 29.5 Å². The molecule has 3 heteroatoms. The molecule has 11 rings (SSSR count). The first kappa shape index (κ1) is 32.8. The maximum absolute atomic E-state index is 6.42. The molecule has 0 atom stereocenters. The van der Waals surface area contributed by atoms with E-state index in [0.717, 1.165) is 77.6 Å². The van der Waals surface area contributed by atoms with Crippen LogP contribution in [0.4, 0.5) is 17.1 Å². The predicted octanol–water partition coefficient (Wildman–Crippen LogP) is 15.6. The van der Waals surface area contributed by atoms with Crippen LogP contribution < -0.4 is 4.90 Å². The van der Waals surface area contributed by atoms with Gasteiger partial charge >= 0.3 is 0 Å². The van der Waals surface area contributed by atoms with Crippen LogP contribution in [0.15, 0.2) is 221 Å². The van der Waals surface area contributed by atoms with E-state index in [1.54, 1.807) is 0 Å². The van der Waals surface area contributed by atoms with Gasteiger partial charge in [-0.1, -0.05) is 140 Å². The fourth-order valence-corrected chi connectivity index (χ4v) is 8.26. The number of fused-ring (bicyclic) bond motifs is 6. The maximum Gasteiger partial charge on any atom is 0.143 e. The SMILES string of the molecule is c1ccc(-c2cc(-c3ccccc3)cc(-c3ccc(N(c4ccc(-c5cccc6c5oc5ccccc56)cc4)c4ccc5oc6ccccc6c5c4)cc3)c2)cc1. The van der Waals surface area contributed by atoms with Gasteiger partial charge in [0, 0.05) is 44.2 Å². The van der Waals surface area contributed by atoms with Crippen molar-refractivity contribution in [2.75, 3.05) is 4.90 Å². The van der Waals surface area contributed by atoms with Gasteiger partial charge in [-0.05, 0) is 112 Å². The first-order chi connectivity index (χ1) is 28.2. The highest BCUT2D eigenvalue weighted by atomic mass is 16.3. The van der Waals surface area contributed by atoms with Crippen molar-refractivity contribution in [3.05, 3.63) is 212 Å². The quantitative estimate of drug-likeness (QED) is 0.164. The first-order valence-corrected chi connectivity index (χ1v) is 19.3. The van der Waals surface area contributed by atoms with Crippen LogP contribution in [0.1, 0.15) is 0 Å². The van der Waals surface area contributed by atoms with Crippen LogP contribution in [-0.2, 0) is 0 Å². The Hall–Kier alpha value is -7.62. The molecular weight excluding hydrogens is 695 g/mol. The standard InChI is InChI=1S/C54H35NO2/c1-3-12-36(13-4-1)40-32-41(37-14-5-2-6-15-37)34-42(33-40)38-22-26-43(27-23-38)55(45-30-31-53-50(35-45)48-17-8-9-20-51(48)56-53)44-28-24-39(25-29-44)46-18-11-19-49-47-16-7-10-21-52(47)57-54(46)49/h1-35H. The molecule has 0 spiro atoms. The van der Waals surface area contributed by atoms with Gasteiger partial charge in [-0.25, -0.2) is 0 Å². The molecule has 0 amide bonds. The lowest BCUT2D eigenvalue weighted by atomic mass is 9.93. The van der Waals surface area contributed by atoms with Gasteiger partial charge in [0.25, 0.3) is 0 Å². The van der Waals surface area contributed by atoms with Gasteiger partial charge in [-0.15, -0.1) is 0 Å². The smallest absolute Gasteiger partial charge is 0.143 e. The Morgan fingerprint density at radius 3 is 1.33 bits per heavy atom. The van der Waals surface area contributed by atoms with E-state index in [0.29, 0.717) is 0 Å². The van der Waals surface area contributed by atoms with Crippen molar-refractivity contribution in [3.63, 3.8) is 0 Å². The van der Waals surface area contributed by atoms with Crippen LogP contribution in [-0.4, -0.2) is 0 Å². The third kappa shape index (κ3) is 5.85. The van der Waals surface area contributed by atoms with Gasteiger partial charge in [0.15, 0.2) is 0 Å². The predicted molar refractivity (Wildman–Crippen MR) is 237 cm³/mol. The molecule has 2 aromatic heterocycles. The van der Waals surface area contributed by atoms with E-state index in [-0.39, 0.29) is 0 Å². The molecule has 0 fully saturated rings. The Kier molecular flexibility index (Phi) is 7.82. The highest BCUT2D eigenvalue weighted by molar-refractivity contribution is 6.10. The van der Waals surface area contributed by atoms with E-state index in [9.17, 15) is 0 Å². The second-order valence-electron chi connectivity index (χ2n) is 14.5. The van der Waals surface area contributed by atoms with Crippen LogP contribution in [0.2, 0.25) is 0 Å². The summed E-state index contributed by atoms with van der Waals surface area (Å²) < 4.78 is 12.7. The number of furan rings is 2. The minimum atomic E-state index is 0.872. The van der Waals surface area contributed by atoms with Gasteiger partial charge in [0.05, 0.1) is 0 Å². The molecule has 3 nitrogen and oxygen atoms in total. The molecule has 0 aliphatic heterocycles. The van der Waals surface area contributed by atoms with E-state index in [1.807, 2.05) is 24.3 Å². The largest absolute Gasteiger partial charge is 0.456 e. The Morgan fingerprint density at radius 2 is 0.719 bits per heavy atom. The molecule has 9 aromatic carbocycles. The van der Waals surface area contributed by atoms with Crippen molar-refractivity contribution in [1.82, 2.24) is 0 Å². The van der Waals surface area contributed by atoms with Gasteiger partial charge in [-0.2, -0.15) is 0 Å². The molecule has 0 saturated heterocycles. The summed E-state index contributed by atoms with van der Waals surface area (Å²) >= 11 is 0. The monoisotopic (exact) mass is 729 g/mol. The molecule has 11 aromatic rings. The number of hydrogen-bond donors (Lipinski definition) is 0. The van der Waals surface area contributed by atoms with E-state index in [2.05, 4.69) is 193 Å². The molecule has 268 valence electrons. The molecule has 0 bridgehead atoms. The minimum absolute atomic E-state index is 0.872. The van der Waals surface area contributed by atoms with Crippen LogP contribution in [0, 0.1) is 0 Å². The number of para-hydroxylation sites is 3. The summed E-state index contributed by atoms with van der Waals surface area (Å²) in [6.45, 7) is 0. The normalized spacial score (nSPS) is 11.5. The van der Waals surface area contributed by atoms with Crippen LogP contribution in [0.25, 0.3) is 88.4 Å². The van der Waals surface area contributed by atoms with Crippen LogP contribution >= 0.6 is 0 Å². The Bertz CT molecular complexity index is 3150. The Balaban J connectivity index is 1.02. The second kappa shape index (κ2) is 13.6. The zero-order valence-electron chi connectivity index (χ0n) is 31.0. The van der Waals surface area contributed by atoms with Gasteiger partial charge in [0.1, 0.15) is 22.3 Å². The van der Waals surface area contributed by atoms with Crippen molar-refractivity contribution in [3.8, 4) is 44.5 Å². The zero-order chi connectivity index (χ0) is 37.7. The van der Waals surface area contributed by atoms with E-state index in [4.69, 9.17) is 8.83 Å². The van der Waals surface area contributed by atoms with E-state index >= 15 is 0 Å². The number of rotatable bonds is 7. The third-order valence-corrected chi connectivity index (χ3v) is 11.1. The first-order valence-electron chi connectivity index (χ1n) is 19.3. The molecule has 2 heterocycles. The lowest BCUT2D eigenvalue weighted by Gasteiger charge is -2.26. The van der Waals surface area contributed by atoms with Crippen LogP contribution in [0.5, 0.6) is 0 Å². The molecule has 0 saturated carbocycles. The fourth-order valence-electron chi connectivity index (χ4n) is 8.26. The van der Waals surface area contributed by atoms with Crippen molar-refractivity contribution in [2.45, 2.75) is 0 Å². The lowest BCUT2D eigenvalue weighted by Crippen LogP contribution is -2.09. The van der Waals surface area contributed by atoms with Crippen molar-refractivity contribution >= 4 is 60.9 Å². The molecule has 0 unspecified atom stereocenters. The Labute approximate surface area is 330 Å². The number of nitrogens with zero attached hydrogens (tertiary/aromatic N) is 1. The molecule has 0 aliphatic rings. The second-order valence-corrected chi connectivity index (χ2v) is 14.5. The Morgan fingerprint density at radius 1 is 0.263 bits per heavy atom. The van der Waals surface area contributed by atoms with Gasteiger partial charge in [0.2, 0.25) is 0 Å². The van der Waals surface area contributed by atoms with Crippen LogP contribution in [0.3, 0.4) is 0 Å². The number of anilines is 3. The minimum Gasteiger partial charge on any atom is -0.456 e. The number of hydrogen-bond acceptors (Lipinski definition) is 3. The van der Waals surface area contributed by atoms with E-state index in [1.165, 1.54) is 27.8 Å². The van der Waals surface area contributed by atoms with Crippen molar-refractivity contribution < 1.29 is 8.83 Å². The average molecular weight is 730 g/mol. The summed E-state index contributed by atoms with van der Waals surface area (Å²) in [5.41, 5.74) is 16.0. The van der Waals surface area contributed by atoms with Crippen molar-refractivity contribution in [1.29, 1.82) is 0 Å². The molecule has 57 heavy (non-hydrogen) atoms. The number of benzene rings is 9. The molecule has 0 radical (unpaired) electrons. The third-order valence-electron chi connectivity index (χ3n) is 11.1. The summed E-state index contributed by atoms with van der Waals surface area (Å²) in [5.74, 6) is 0. The van der Waals surface area contributed by atoms with Crippen molar-refractivity contribution in [2.24, 2.45) is 0 Å². The molecule has 0 aliphatic carbocycles. The fraction of sp³-hybridized carbons (Fsp3) is 0. The van der Waals surface area contributed by atoms with E-state index < -0.39 is 0 Å². The molecular formula is C54H35NO2. The average Bonchev–Trinajstić information content (AvgIpc) is 3.86.